The van der Waals surface area contributed by atoms with Gasteiger partial charge >= 0.3 is 0 Å². The highest BCUT2D eigenvalue weighted by atomic mass is 16.5. The lowest BCUT2D eigenvalue weighted by Crippen LogP contribution is -2.43. The lowest BCUT2D eigenvalue weighted by molar-refractivity contribution is -0.131. The number of nitrogens with zero attached hydrogens (tertiary/aromatic N) is 7. The Morgan fingerprint density at radius 2 is 1.48 bits per heavy atom. The van der Waals surface area contributed by atoms with Gasteiger partial charge in [-0.05, 0) is 62.6 Å². The van der Waals surface area contributed by atoms with Crippen molar-refractivity contribution in [1.82, 2.24) is 33.8 Å². The predicted molar refractivity (Wildman–Crippen MR) is 228 cm³/mol. The molecule has 18 nitrogen and oxygen atoms in total. The molecule has 6 rings (SSSR count). The maximum absolute atomic E-state index is 13.6. The molecule has 18 heteroatoms. The van der Waals surface area contributed by atoms with Crippen molar-refractivity contribution in [2.75, 3.05) is 45.0 Å². The third kappa shape index (κ3) is 9.23. The Kier molecular flexibility index (Phi) is 13.1. The van der Waals surface area contributed by atoms with Crippen molar-refractivity contribution in [2.24, 2.45) is 17.2 Å². The zero-order valence-electron chi connectivity index (χ0n) is 34.3. The van der Waals surface area contributed by atoms with Crippen LogP contribution in [0, 0.1) is 6.92 Å². The number of rotatable bonds is 19. The molecule has 0 fully saturated rings. The topological polar surface area (TPSA) is 246 Å². The van der Waals surface area contributed by atoms with Gasteiger partial charge in [0.25, 0.3) is 5.91 Å². The minimum absolute atomic E-state index is 0.174. The van der Waals surface area contributed by atoms with E-state index in [1.165, 1.54) is 13.2 Å². The molecule has 1 unspecified atom stereocenters. The van der Waals surface area contributed by atoms with E-state index >= 15 is 0 Å². The molecule has 1 atom stereocenters. The van der Waals surface area contributed by atoms with Crippen LogP contribution in [0.2, 0.25) is 0 Å². The van der Waals surface area contributed by atoms with Gasteiger partial charge in [-0.25, -0.2) is 9.97 Å². The summed E-state index contributed by atoms with van der Waals surface area (Å²) in [6, 6.07) is 16.9. The smallest absolute Gasteiger partial charge is 0.276 e. The Balaban J connectivity index is 1.24. The average Bonchev–Trinajstić information content (AvgIpc) is 3.92. The fourth-order valence-corrected chi connectivity index (χ4v) is 6.98. The van der Waals surface area contributed by atoms with Crippen LogP contribution in [-0.4, -0.2) is 97.8 Å². The maximum Gasteiger partial charge on any atom is 0.276 e. The van der Waals surface area contributed by atoms with Gasteiger partial charge in [-0.1, -0.05) is 42.5 Å². The van der Waals surface area contributed by atoms with E-state index in [1.54, 1.807) is 52.5 Å². The summed E-state index contributed by atoms with van der Waals surface area (Å²) in [6.07, 6.45) is 4.71. The molecule has 0 radical (unpaired) electrons. The monoisotopic (exact) mass is 818 g/mol. The van der Waals surface area contributed by atoms with Crippen molar-refractivity contribution >= 4 is 57.6 Å². The van der Waals surface area contributed by atoms with Gasteiger partial charge in [0.05, 0.1) is 36.5 Å². The number of hydrogen-bond acceptors (Lipinski definition) is 11. The summed E-state index contributed by atoms with van der Waals surface area (Å²) >= 11 is 0. The van der Waals surface area contributed by atoms with Gasteiger partial charge < -0.3 is 46.0 Å². The van der Waals surface area contributed by atoms with Crippen molar-refractivity contribution in [1.29, 1.82) is 0 Å². The molecule has 8 N–H and O–H groups in total. The van der Waals surface area contributed by atoms with Gasteiger partial charge in [-0.15, -0.1) is 0 Å². The Hall–Kier alpha value is -7.21. The molecule has 0 bridgehead atoms. The number of nitrogens with two attached hydrogens (primary N) is 3. The fourth-order valence-electron chi connectivity index (χ4n) is 6.98. The minimum atomic E-state index is -0.678. The van der Waals surface area contributed by atoms with E-state index in [4.69, 9.17) is 31.7 Å². The van der Waals surface area contributed by atoms with E-state index in [0.717, 1.165) is 5.56 Å². The van der Waals surface area contributed by atoms with Crippen molar-refractivity contribution < 1.29 is 28.7 Å². The van der Waals surface area contributed by atoms with Crippen LogP contribution in [0.15, 0.2) is 72.8 Å². The zero-order valence-corrected chi connectivity index (χ0v) is 34.3. The number of imidazole rings is 2. The highest BCUT2D eigenvalue weighted by Crippen LogP contribution is 2.33. The quantitative estimate of drug-likeness (QED) is 0.0585. The number of aromatic nitrogens is 6. The number of amides is 4. The van der Waals surface area contributed by atoms with E-state index in [1.807, 2.05) is 60.9 Å². The Morgan fingerprint density at radius 1 is 0.883 bits per heavy atom. The number of fused-ring (bicyclic) bond motifs is 2. The molecule has 4 amide bonds. The zero-order chi connectivity index (χ0) is 43.1. The molecule has 0 aliphatic rings. The van der Waals surface area contributed by atoms with E-state index in [-0.39, 0.29) is 36.1 Å². The first-order chi connectivity index (χ1) is 28.8. The Morgan fingerprint density at radius 3 is 2.08 bits per heavy atom. The number of primary amides is 2. The van der Waals surface area contributed by atoms with E-state index < -0.39 is 23.8 Å². The molecule has 0 aliphatic heterocycles. The molecule has 3 heterocycles. The molecular weight excluding hydrogens is 769 g/mol. The fraction of sp³-hybridized carbons (Fsp3) is 0.310. The number of carbonyl (C=O) groups is 4. The number of aryl methyl sites for hydroxylation is 2. The van der Waals surface area contributed by atoms with Gasteiger partial charge in [0.1, 0.15) is 28.2 Å². The van der Waals surface area contributed by atoms with Gasteiger partial charge in [0.2, 0.25) is 29.6 Å². The summed E-state index contributed by atoms with van der Waals surface area (Å²) in [7, 11) is 4.92. The van der Waals surface area contributed by atoms with Gasteiger partial charge in [-0.3, -0.25) is 29.2 Å². The number of benzene rings is 3. The highest BCUT2D eigenvalue weighted by molar-refractivity contribution is 6.04. The maximum atomic E-state index is 13.6. The van der Waals surface area contributed by atoms with Gasteiger partial charge in [0.15, 0.2) is 0 Å². The molecule has 0 saturated heterocycles. The molecule has 0 aliphatic carbocycles. The summed E-state index contributed by atoms with van der Waals surface area (Å²) in [4.78, 5) is 62.1. The number of allylic oxidation sites excluding steroid dienone is 2. The van der Waals surface area contributed by atoms with Gasteiger partial charge in [0, 0.05) is 51.4 Å². The van der Waals surface area contributed by atoms with Crippen LogP contribution in [0.5, 0.6) is 11.5 Å². The van der Waals surface area contributed by atoms with Crippen LogP contribution < -0.4 is 37.3 Å². The lowest BCUT2D eigenvalue weighted by Gasteiger charge is -2.21. The standard InChI is InChI=1S/C42H50N12O6/c1-6-54-32(19-25(2)50-54)39(57)49-42-48-30-21-27(37(44)55)23-33(59-5)35(30)53(42)17-11-10-16-52-36-31(47-41(52)46-3)22-28(38(45)56)24-34(36)60-18-12-15-51(4)40(58)29(43)20-26-13-8-7-9-14-26/h7-11,13-14,19,21-24,29H,6,12,15-18,20,43H2,1-5H3,(H2,44,55)(H2,45,56)(H,46,47)(H,48,49,57)/b11-10+. The first-order valence-corrected chi connectivity index (χ1v) is 19.4. The first-order valence-electron chi connectivity index (χ1n) is 19.4. The summed E-state index contributed by atoms with van der Waals surface area (Å²) in [5.41, 5.74) is 22.0. The minimum Gasteiger partial charge on any atom is -0.494 e. The molecule has 314 valence electrons. The molecule has 6 aromatic rings. The number of methoxy groups -OCH3 is 1. The van der Waals surface area contributed by atoms with Gasteiger partial charge in [-0.2, -0.15) is 5.10 Å². The molecule has 3 aromatic heterocycles. The summed E-state index contributed by atoms with van der Waals surface area (Å²) in [5.74, 6) is -0.432. The van der Waals surface area contributed by atoms with Crippen LogP contribution >= 0.6 is 0 Å². The van der Waals surface area contributed by atoms with Crippen LogP contribution in [0.4, 0.5) is 11.9 Å². The number of nitrogens with one attached hydrogen (secondary N) is 2. The molecular formula is C42H50N12O6. The number of likely N-dealkylation sites (N-methyl/N-ethyl adjacent to an activating group) is 1. The van der Waals surface area contributed by atoms with Crippen LogP contribution in [-0.2, 0) is 30.8 Å². The largest absolute Gasteiger partial charge is 0.494 e. The van der Waals surface area contributed by atoms with E-state index in [9.17, 15) is 19.2 Å². The lowest BCUT2D eigenvalue weighted by atomic mass is 10.1. The number of ether oxygens (including phenoxy) is 2. The van der Waals surface area contributed by atoms with Crippen LogP contribution in [0.1, 0.15) is 55.8 Å². The van der Waals surface area contributed by atoms with E-state index in [2.05, 4.69) is 20.7 Å². The third-order valence-electron chi connectivity index (χ3n) is 9.92. The number of hydrogen-bond donors (Lipinski definition) is 5. The molecule has 3 aromatic carbocycles. The van der Waals surface area contributed by atoms with Crippen molar-refractivity contribution in [3.8, 4) is 11.5 Å². The van der Waals surface area contributed by atoms with Crippen LogP contribution in [0.3, 0.4) is 0 Å². The summed E-state index contributed by atoms with van der Waals surface area (Å²) < 4.78 is 17.2. The van der Waals surface area contributed by atoms with E-state index in [0.29, 0.717) is 83.4 Å². The molecule has 60 heavy (non-hydrogen) atoms. The van der Waals surface area contributed by atoms with Crippen molar-refractivity contribution in [3.05, 3.63) is 101 Å². The second-order valence-electron chi connectivity index (χ2n) is 14.1. The number of carbonyl (C=O) groups excluding carboxylic acids is 4. The third-order valence-corrected chi connectivity index (χ3v) is 9.92. The normalized spacial score (nSPS) is 11.9. The summed E-state index contributed by atoms with van der Waals surface area (Å²) in [6.45, 7) is 5.34. The second kappa shape index (κ2) is 18.6. The van der Waals surface area contributed by atoms with Crippen LogP contribution in [0.25, 0.3) is 22.1 Å². The van der Waals surface area contributed by atoms with Crippen molar-refractivity contribution in [3.63, 3.8) is 0 Å². The number of anilines is 2. The SMILES string of the molecule is CCn1nc(C)cc1C(=O)Nc1nc2cc(C(N)=O)cc(OC)c2n1C/C=C/Cn1c(NC)nc2cc(C(N)=O)cc(OCCCN(C)C(=O)C(N)Cc3ccccc3)c21. The second-order valence-corrected chi connectivity index (χ2v) is 14.1. The first kappa shape index (κ1) is 42.4. The van der Waals surface area contributed by atoms with Crippen molar-refractivity contribution in [2.45, 2.75) is 52.4 Å². The molecule has 0 spiro atoms. The highest BCUT2D eigenvalue weighted by Gasteiger charge is 2.23. The predicted octanol–water partition coefficient (Wildman–Crippen LogP) is 3.46. The Bertz CT molecular complexity index is 2570. The summed E-state index contributed by atoms with van der Waals surface area (Å²) in [5, 5.41) is 10.4. The average molecular weight is 819 g/mol. The Labute approximate surface area is 346 Å². The molecule has 0 saturated carbocycles.